The van der Waals surface area contributed by atoms with Crippen molar-refractivity contribution in [3.05, 3.63) is 69.6 Å². The van der Waals surface area contributed by atoms with Gasteiger partial charge in [0.2, 0.25) is 0 Å². The van der Waals surface area contributed by atoms with Crippen LogP contribution in [0.1, 0.15) is 32.5 Å². The highest BCUT2D eigenvalue weighted by Gasteiger charge is 2.31. The van der Waals surface area contributed by atoms with E-state index in [0.717, 1.165) is 4.88 Å². The number of anilines is 1. The average Bonchev–Trinajstić information content (AvgIpc) is 3.05. The van der Waals surface area contributed by atoms with Crippen LogP contribution in [-0.2, 0) is 15.6 Å². The van der Waals surface area contributed by atoms with Crippen LogP contribution in [0.15, 0.2) is 53.4 Å². The molecule has 1 amide bonds. The Balaban J connectivity index is 1.66. The summed E-state index contributed by atoms with van der Waals surface area (Å²) in [5.41, 5.74) is 2.30. The van der Waals surface area contributed by atoms with Gasteiger partial charge in [-0.1, -0.05) is 17.7 Å². The second-order valence-electron chi connectivity index (χ2n) is 6.45. The van der Waals surface area contributed by atoms with Gasteiger partial charge in [0.15, 0.2) is 15.6 Å². The van der Waals surface area contributed by atoms with E-state index in [-0.39, 0.29) is 22.3 Å². The Hall–Kier alpha value is -2.48. The number of benzene rings is 2. The largest absolute Gasteiger partial charge is 0.321 e. The first-order valence-corrected chi connectivity index (χ1v) is 11.2. The number of carbonyl (C=O) groups is 2. The highest BCUT2D eigenvalue weighted by atomic mass is 35.5. The number of carbonyl (C=O) groups excluding carboxylic acids is 2. The monoisotopic (exact) mass is 431 g/mol. The summed E-state index contributed by atoms with van der Waals surface area (Å²) in [5, 5.41) is 3.13. The van der Waals surface area contributed by atoms with Crippen molar-refractivity contribution in [3.8, 4) is 10.4 Å². The Bertz CT molecular complexity index is 1230. The number of thiophene rings is 1. The second-order valence-corrected chi connectivity index (χ2v) is 9.90. The zero-order valence-electron chi connectivity index (χ0n) is 14.7. The fourth-order valence-corrected chi connectivity index (χ4v) is 6.19. The predicted molar refractivity (Wildman–Crippen MR) is 110 cm³/mol. The summed E-state index contributed by atoms with van der Waals surface area (Å²) in [6.45, 7) is 1.48. The minimum absolute atomic E-state index is 0.0520. The van der Waals surface area contributed by atoms with Crippen molar-refractivity contribution in [3.63, 3.8) is 0 Å². The van der Waals surface area contributed by atoms with E-state index in [2.05, 4.69) is 5.32 Å². The summed E-state index contributed by atoms with van der Waals surface area (Å²) in [6.07, 6.45) is 0. The topological polar surface area (TPSA) is 80.3 Å². The first-order valence-electron chi connectivity index (χ1n) is 8.32. The third-order valence-electron chi connectivity index (χ3n) is 4.45. The van der Waals surface area contributed by atoms with E-state index in [4.69, 9.17) is 11.6 Å². The molecule has 0 aliphatic carbocycles. The molecule has 1 aromatic heterocycles. The SMILES string of the molecule is CC(=O)c1ccc(NC(=O)c2cc3c(s2)-c2ccc(Cl)cc2S(=O)(=O)C3)cc1. The third kappa shape index (κ3) is 3.37. The number of hydrogen-bond acceptors (Lipinski definition) is 5. The number of Topliss-reactive ketones (excluding diaryl/α,β-unsaturated/α-hetero) is 1. The van der Waals surface area contributed by atoms with Crippen LogP contribution in [0.4, 0.5) is 5.69 Å². The lowest BCUT2D eigenvalue weighted by molar-refractivity contribution is 0.101. The van der Waals surface area contributed by atoms with Crippen molar-refractivity contribution in [1.29, 1.82) is 0 Å². The minimum atomic E-state index is -3.50. The molecular formula is C20H14ClNO4S2. The number of fused-ring (bicyclic) bond motifs is 3. The van der Waals surface area contributed by atoms with Crippen LogP contribution in [0.2, 0.25) is 5.02 Å². The lowest BCUT2D eigenvalue weighted by Gasteiger charge is -2.16. The zero-order chi connectivity index (χ0) is 20.1. The second kappa shape index (κ2) is 6.84. The van der Waals surface area contributed by atoms with Gasteiger partial charge in [0, 0.05) is 26.7 Å². The Morgan fingerprint density at radius 1 is 1.07 bits per heavy atom. The van der Waals surface area contributed by atoms with Crippen LogP contribution in [-0.4, -0.2) is 20.1 Å². The van der Waals surface area contributed by atoms with Gasteiger partial charge in [-0.15, -0.1) is 11.3 Å². The number of sulfone groups is 1. The molecule has 2 heterocycles. The number of rotatable bonds is 3. The summed E-state index contributed by atoms with van der Waals surface area (Å²) in [6, 6.07) is 13.0. The van der Waals surface area contributed by atoms with E-state index in [1.54, 1.807) is 42.5 Å². The van der Waals surface area contributed by atoms with Gasteiger partial charge in [-0.05, 0) is 55.0 Å². The summed E-state index contributed by atoms with van der Waals surface area (Å²) in [7, 11) is -3.50. The molecule has 1 aliphatic heterocycles. The molecule has 28 heavy (non-hydrogen) atoms. The Labute approximate surface area is 170 Å². The summed E-state index contributed by atoms with van der Waals surface area (Å²) >= 11 is 7.21. The molecule has 0 saturated carbocycles. The third-order valence-corrected chi connectivity index (χ3v) is 7.59. The quantitative estimate of drug-likeness (QED) is 0.603. The number of halogens is 1. The molecule has 0 saturated heterocycles. The molecule has 2 aromatic carbocycles. The van der Waals surface area contributed by atoms with Crippen LogP contribution >= 0.6 is 22.9 Å². The number of nitrogens with one attached hydrogen (secondary N) is 1. The highest BCUT2D eigenvalue weighted by molar-refractivity contribution is 7.91. The van der Waals surface area contributed by atoms with Crippen molar-refractivity contribution >= 4 is 50.2 Å². The van der Waals surface area contributed by atoms with Gasteiger partial charge >= 0.3 is 0 Å². The normalized spacial score (nSPS) is 14.1. The summed E-state index contributed by atoms with van der Waals surface area (Å²) in [4.78, 5) is 25.4. The first kappa shape index (κ1) is 18.9. The predicted octanol–water partition coefficient (Wildman–Crippen LogP) is 4.81. The van der Waals surface area contributed by atoms with Gasteiger partial charge < -0.3 is 5.32 Å². The maximum atomic E-state index is 12.6. The lowest BCUT2D eigenvalue weighted by Crippen LogP contribution is -2.11. The summed E-state index contributed by atoms with van der Waals surface area (Å²) in [5.74, 6) is -0.543. The van der Waals surface area contributed by atoms with E-state index in [1.807, 2.05) is 0 Å². The molecule has 4 rings (SSSR count). The molecule has 0 radical (unpaired) electrons. The van der Waals surface area contributed by atoms with Crippen molar-refractivity contribution in [2.75, 3.05) is 5.32 Å². The molecule has 142 valence electrons. The van der Waals surface area contributed by atoms with Crippen LogP contribution in [0, 0.1) is 0 Å². The van der Waals surface area contributed by atoms with Crippen molar-refractivity contribution in [2.45, 2.75) is 17.6 Å². The fourth-order valence-electron chi connectivity index (χ4n) is 3.08. The molecule has 0 bridgehead atoms. The maximum absolute atomic E-state index is 12.6. The minimum Gasteiger partial charge on any atom is -0.321 e. The smallest absolute Gasteiger partial charge is 0.265 e. The van der Waals surface area contributed by atoms with E-state index < -0.39 is 9.84 Å². The molecule has 3 aromatic rings. The van der Waals surface area contributed by atoms with Crippen LogP contribution in [0.5, 0.6) is 0 Å². The van der Waals surface area contributed by atoms with Gasteiger partial charge in [0.25, 0.3) is 5.91 Å². The van der Waals surface area contributed by atoms with Crippen molar-refractivity contribution < 1.29 is 18.0 Å². The molecule has 8 heteroatoms. The molecule has 0 atom stereocenters. The Kier molecular flexibility index (Phi) is 4.61. The Morgan fingerprint density at radius 2 is 1.79 bits per heavy atom. The van der Waals surface area contributed by atoms with Crippen LogP contribution < -0.4 is 5.32 Å². The van der Waals surface area contributed by atoms with Gasteiger partial charge in [-0.3, -0.25) is 9.59 Å². The van der Waals surface area contributed by atoms with Gasteiger partial charge in [-0.2, -0.15) is 0 Å². The maximum Gasteiger partial charge on any atom is 0.265 e. The number of ketones is 1. The van der Waals surface area contributed by atoms with E-state index in [9.17, 15) is 18.0 Å². The average molecular weight is 432 g/mol. The fraction of sp³-hybridized carbons (Fsp3) is 0.100. The molecule has 0 spiro atoms. The van der Waals surface area contributed by atoms with Crippen LogP contribution in [0.3, 0.4) is 0 Å². The number of hydrogen-bond donors (Lipinski definition) is 1. The number of amides is 1. The lowest BCUT2D eigenvalue weighted by atomic mass is 10.1. The van der Waals surface area contributed by atoms with Gasteiger partial charge in [0.1, 0.15) is 0 Å². The van der Waals surface area contributed by atoms with Crippen molar-refractivity contribution in [1.82, 2.24) is 0 Å². The summed E-state index contributed by atoms with van der Waals surface area (Å²) < 4.78 is 25.1. The molecule has 5 nitrogen and oxygen atoms in total. The van der Waals surface area contributed by atoms with E-state index in [1.165, 1.54) is 24.3 Å². The molecule has 1 N–H and O–H groups in total. The van der Waals surface area contributed by atoms with Crippen molar-refractivity contribution in [2.24, 2.45) is 0 Å². The van der Waals surface area contributed by atoms with Crippen LogP contribution in [0.25, 0.3) is 10.4 Å². The zero-order valence-corrected chi connectivity index (χ0v) is 17.0. The van der Waals surface area contributed by atoms with E-state index >= 15 is 0 Å². The molecule has 1 aliphatic rings. The van der Waals surface area contributed by atoms with Gasteiger partial charge in [0.05, 0.1) is 15.5 Å². The molecule has 0 unspecified atom stereocenters. The molecular weight excluding hydrogens is 418 g/mol. The van der Waals surface area contributed by atoms with E-state index in [0.29, 0.717) is 32.3 Å². The molecule has 0 fully saturated rings. The first-order chi connectivity index (χ1) is 13.2. The van der Waals surface area contributed by atoms with Gasteiger partial charge in [-0.25, -0.2) is 8.42 Å². The Morgan fingerprint density at radius 3 is 2.46 bits per heavy atom. The standard InChI is InChI=1S/C20H14ClNO4S2/c1-11(23)12-2-5-15(6-3-12)22-20(24)17-8-13-10-28(25,26)18-9-14(21)4-7-16(18)19(13)27-17/h2-9H,10H2,1H3,(H,22,24). The highest BCUT2D eigenvalue weighted by Crippen LogP contribution is 2.43.